The first kappa shape index (κ1) is 18.9. The number of esters is 1. The molecule has 1 aromatic carbocycles. The fraction of sp³-hybridized carbons (Fsp3) is 0.500. The van der Waals surface area contributed by atoms with Gasteiger partial charge in [0.05, 0.1) is 12.5 Å². The molecule has 0 aliphatic heterocycles. The van der Waals surface area contributed by atoms with E-state index in [2.05, 4.69) is 11.2 Å². The van der Waals surface area contributed by atoms with Crippen molar-refractivity contribution >= 4 is 22.8 Å². The van der Waals surface area contributed by atoms with Crippen LogP contribution in [0, 0.1) is 11.3 Å². The number of aromatic nitrogens is 1. The van der Waals surface area contributed by atoms with Crippen LogP contribution in [-0.2, 0) is 20.7 Å². The zero-order valence-corrected chi connectivity index (χ0v) is 15.6. The molecule has 1 aliphatic carbocycles. The number of likely N-dealkylation sites (N-methyl/N-ethyl adjacent to an activating group) is 1. The Morgan fingerprint density at radius 1 is 1.33 bits per heavy atom. The quantitative estimate of drug-likeness (QED) is 0.752. The number of hydrogen-bond donors (Lipinski definition) is 0. The van der Waals surface area contributed by atoms with Crippen LogP contribution in [0.1, 0.15) is 44.7 Å². The molecule has 0 bridgehead atoms. The summed E-state index contributed by atoms with van der Waals surface area (Å²) in [5, 5.41) is 14.3. The van der Waals surface area contributed by atoms with Gasteiger partial charge in [-0.1, -0.05) is 36.6 Å². The van der Waals surface area contributed by atoms with Crippen molar-refractivity contribution in [3.05, 3.63) is 30.0 Å². The average molecular weight is 369 g/mol. The molecule has 0 saturated heterocycles. The number of nitriles is 1. The predicted molar refractivity (Wildman–Crippen MR) is 97.5 cm³/mol. The maximum atomic E-state index is 12.7. The molecule has 0 unspecified atom stereocenters. The Kier molecular flexibility index (Phi) is 5.45. The van der Waals surface area contributed by atoms with Gasteiger partial charge in [-0.15, -0.1) is 0 Å². The fourth-order valence-corrected chi connectivity index (χ4v) is 3.63. The SMILES string of the molecule is C[C@H](OC(=O)Cc1noc2ccccc12)C(=O)N(C)C1(C#N)CCCCC1. The maximum absolute atomic E-state index is 12.7. The second-order valence-electron chi connectivity index (χ2n) is 7.04. The molecule has 27 heavy (non-hydrogen) atoms. The molecule has 1 amide bonds. The van der Waals surface area contributed by atoms with Gasteiger partial charge in [0.2, 0.25) is 0 Å². The van der Waals surface area contributed by atoms with Gasteiger partial charge >= 0.3 is 5.97 Å². The first-order valence-corrected chi connectivity index (χ1v) is 9.18. The van der Waals surface area contributed by atoms with Gasteiger partial charge in [-0.2, -0.15) is 5.26 Å². The Morgan fingerprint density at radius 2 is 2.04 bits per heavy atom. The van der Waals surface area contributed by atoms with Crippen molar-refractivity contribution in [1.29, 1.82) is 5.26 Å². The van der Waals surface area contributed by atoms with E-state index in [-0.39, 0.29) is 12.3 Å². The molecular formula is C20H23N3O4. The molecule has 3 rings (SSSR count). The Labute approximate surface area is 157 Å². The van der Waals surface area contributed by atoms with Crippen molar-refractivity contribution in [2.45, 2.75) is 57.1 Å². The van der Waals surface area contributed by atoms with E-state index in [1.54, 1.807) is 13.1 Å². The zero-order valence-electron chi connectivity index (χ0n) is 15.6. The van der Waals surface area contributed by atoms with Crippen LogP contribution in [0.25, 0.3) is 11.0 Å². The first-order valence-electron chi connectivity index (χ1n) is 9.18. The van der Waals surface area contributed by atoms with Gasteiger partial charge < -0.3 is 14.2 Å². The summed E-state index contributed by atoms with van der Waals surface area (Å²) in [6, 6.07) is 9.54. The van der Waals surface area contributed by atoms with Crippen LogP contribution in [0.3, 0.4) is 0 Å². The van der Waals surface area contributed by atoms with E-state index in [4.69, 9.17) is 9.26 Å². The summed E-state index contributed by atoms with van der Waals surface area (Å²) < 4.78 is 10.5. The van der Waals surface area contributed by atoms with E-state index < -0.39 is 17.6 Å². The molecule has 1 atom stereocenters. The highest BCUT2D eigenvalue weighted by atomic mass is 16.5. The molecule has 0 spiro atoms. The maximum Gasteiger partial charge on any atom is 0.312 e. The van der Waals surface area contributed by atoms with E-state index in [1.165, 1.54) is 11.8 Å². The van der Waals surface area contributed by atoms with Crippen LogP contribution in [-0.4, -0.2) is 40.6 Å². The third kappa shape index (κ3) is 3.80. The van der Waals surface area contributed by atoms with Crippen LogP contribution in [0.4, 0.5) is 0 Å². The van der Waals surface area contributed by atoms with Crippen molar-refractivity contribution in [1.82, 2.24) is 10.1 Å². The van der Waals surface area contributed by atoms with Crippen molar-refractivity contribution in [2.24, 2.45) is 0 Å². The number of ether oxygens (including phenoxy) is 1. The summed E-state index contributed by atoms with van der Waals surface area (Å²) in [7, 11) is 1.62. The first-order chi connectivity index (χ1) is 13.0. The second-order valence-corrected chi connectivity index (χ2v) is 7.04. The van der Waals surface area contributed by atoms with Crippen LogP contribution in [0.5, 0.6) is 0 Å². The van der Waals surface area contributed by atoms with Crippen LogP contribution in [0.15, 0.2) is 28.8 Å². The number of hydrogen-bond acceptors (Lipinski definition) is 6. The highest BCUT2D eigenvalue weighted by Crippen LogP contribution is 2.33. The number of carbonyl (C=O) groups excluding carboxylic acids is 2. The molecule has 7 nitrogen and oxygen atoms in total. The molecule has 1 saturated carbocycles. The minimum Gasteiger partial charge on any atom is -0.452 e. The van der Waals surface area contributed by atoms with Crippen molar-refractivity contribution < 1.29 is 18.8 Å². The lowest BCUT2D eigenvalue weighted by Crippen LogP contribution is -2.53. The minimum absolute atomic E-state index is 0.0816. The van der Waals surface area contributed by atoms with Crippen molar-refractivity contribution in [3.63, 3.8) is 0 Å². The van der Waals surface area contributed by atoms with E-state index in [0.29, 0.717) is 24.1 Å². The topological polar surface area (TPSA) is 96.4 Å². The fourth-order valence-electron chi connectivity index (χ4n) is 3.63. The van der Waals surface area contributed by atoms with Crippen molar-refractivity contribution in [3.8, 4) is 6.07 Å². The number of nitrogens with zero attached hydrogens (tertiary/aromatic N) is 3. The van der Waals surface area contributed by atoms with Gasteiger partial charge in [-0.05, 0) is 31.9 Å². The minimum atomic E-state index is -0.965. The Hall–Kier alpha value is -2.88. The van der Waals surface area contributed by atoms with Gasteiger partial charge in [0.15, 0.2) is 11.7 Å². The summed E-state index contributed by atoms with van der Waals surface area (Å²) in [4.78, 5) is 26.5. The summed E-state index contributed by atoms with van der Waals surface area (Å²) in [5.74, 6) is -0.922. The van der Waals surface area contributed by atoms with E-state index >= 15 is 0 Å². The van der Waals surface area contributed by atoms with Crippen molar-refractivity contribution in [2.75, 3.05) is 7.05 Å². The van der Waals surface area contributed by atoms with Gasteiger partial charge in [0.1, 0.15) is 11.2 Å². The monoisotopic (exact) mass is 369 g/mol. The largest absolute Gasteiger partial charge is 0.452 e. The lowest BCUT2D eigenvalue weighted by Gasteiger charge is -2.39. The van der Waals surface area contributed by atoms with E-state index in [0.717, 1.165) is 24.6 Å². The lowest BCUT2D eigenvalue weighted by atomic mass is 9.81. The van der Waals surface area contributed by atoms with Crippen LogP contribution >= 0.6 is 0 Å². The zero-order chi connectivity index (χ0) is 19.4. The average Bonchev–Trinajstić information content (AvgIpc) is 3.10. The number of para-hydroxylation sites is 1. The molecule has 1 heterocycles. The van der Waals surface area contributed by atoms with Gasteiger partial charge in [-0.3, -0.25) is 9.59 Å². The molecule has 1 aromatic heterocycles. The highest BCUT2D eigenvalue weighted by molar-refractivity contribution is 5.87. The molecule has 1 fully saturated rings. The highest BCUT2D eigenvalue weighted by Gasteiger charge is 2.40. The van der Waals surface area contributed by atoms with Crippen LogP contribution in [0.2, 0.25) is 0 Å². The smallest absolute Gasteiger partial charge is 0.312 e. The van der Waals surface area contributed by atoms with Crippen LogP contribution < -0.4 is 0 Å². The Bertz CT molecular complexity index is 877. The number of benzene rings is 1. The molecule has 142 valence electrons. The summed E-state index contributed by atoms with van der Waals surface area (Å²) >= 11 is 0. The summed E-state index contributed by atoms with van der Waals surface area (Å²) in [5.41, 5.74) is 0.264. The molecule has 0 radical (unpaired) electrons. The normalized spacial score (nSPS) is 17.1. The number of rotatable bonds is 5. The molecular weight excluding hydrogens is 346 g/mol. The third-order valence-corrected chi connectivity index (χ3v) is 5.28. The predicted octanol–water partition coefficient (Wildman–Crippen LogP) is 2.99. The van der Waals surface area contributed by atoms with Gasteiger partial charge in [-0.25, -0.2) is 0 Å². The summed E-state index contributed by atoms with van der Waals surface area (Å²) in [6.07, 6.45) is 3.16. The Morgan fingerprint density at radius 3 is 2.74 bits per heavy atom. The van der Waals surface area contributed by atoms with Gasteiger partial charge in [0, 0.05) is 12.4 Å². The number of carbonyl (C=O) groups is 2. The van der Waals surface area contributed by atoms with E-state index in [9.17, 15) is 14.9 Å². The molecule has 7 heteroatoms. The Balaban J connectivity index is 1.63. The number of amides is 1. The third-order valence-electron chi connectivity index (χ3n) is 5.28. The molecule has 1 aliphatic rings. The second kappa shape index (κ2) is 7.78. The standard InChI is InChI=1S/C20H23N3O4/c1-14(19(25)23(2)20(13-21)10-6-3-7-11-20)26-18(24)12-16-15-8-4-5-9-17(15)27-22-16/h4-5,8-9,14H,3,6-7,10-12H2,1-2H3/t14-/m0/s1. The van der Waals surface area contributed by atoms with E-state index in [1.807, 2.05) is 18.2 Å². The van der Waals surface area contributed by atoms with Gasteiger partial charge in [0.25, 0.3) is 5.91 Å². The molecule has 0 N–H and O–H groups in total. The number of fused-ring (bicyclic) bond motifs is 1. The summed E-state index contributed by atoms with van der Waals surface area (Å²) in [6.45, 7) is 1.53. The lowest BCUT2D eigenvalue weighted by molar-refractivity contribution is -0.160. The molecule has 2 aromatic rings.